The number of carbonyl (C=O) groups is 4. The summed E-state index contributed by atoms with van der Waals surface area (Å²) in [4.78, 5) is 69.6. The molecule has 2 saturated carbocycles. The Labute approximate surface area is 394 Å². The van der Waals surface area contributed by atoms with E-state index in [-0.39, 0.29) is 46.5 Å². The standard InChI is InChI=1S/C51H60Cl2FN7O5/c1-59-41-27-31(13-18-39(41)61(49(59)66)40-19-20-42(62)57-46(40)63)8-5-7-30-21-25-60(26-22-30)29-32-11-15-34(16-12-32)55-47(64)45-43(35-9-6-10-37(53)44(35)54)51(50(58-45)23-3-2-4-24-50)36-17-14-33(52)28-38(36)56-48(51)65/h6,9-10,13-14,17-18,27-28,30,32,34,40,43,45,58H,2-5,7-8,11-12,15-16,19-26,29H2,1H3,(H,55,64)(H,56,65)(H,57,62,63)/t32?,34?,40?,43-,45+,51+/m0/s1. The van der Waals surface area contributed by atoms with Gasteiger partial charge in [0.05, 0.1) is 22.1 Å². The summed E-state index contributed by atoms with van der Waals surface area (Å²) in [6.07, 6.45) is 14.0. The number of imide groups is 1. The second-order valence-electron chi connectivity index (χ2n) is 20.2. The molecule has 350 valence electrons. The Kier molecular flexibility index (Phi) is 12.4. The first-order valence-electron chi connectivity index (χ1n) is 24.3. The highest BCUT2D eigenvalue weighted by atomic mass is 35.5. The highest BCUT2D eigenvalue weighted by Crippen LogP contribution is 2.63. The summed E-state index contributed by atoms with van der Waals surface area (Å²) < 4.78 is 19.5. The zero-order valence-electron chi connectivity index (χ0n) is 37.6. The maximum absolute atomic E-state index is 16.3. The number of hydrogen-bond acceptors (Lipinski definition) is 7. The van der Waals surface area contributed by atoms with Crippen molar-refractivity contribution in [2.75, 3.05) is 25.0 Å². The largest absolute Gasteiger partial charge is 0.352 e. The predicted octanol–water partition coefficient (Wildman–Crippen LogP) is 7.82. The Morgan fingerprint density at radius 3 is 2.39 bits per heavy atom. The molecule has 10 rings (SSSR count). The van der Waals surface area contributed by atoms with E-state index in [0.717, 1.165) is 94.9 Å². The van der Waals surface area contributed by atoms with Gasteiger partial charge in [0.1, 0.15) is 17.3 Å². The number of likely N-dealkylation sites (tertiary alicyclic amines) is 1. The van der Waals surface area contributed by atoms with Crippen molar-refractivity contribution in [3.63, 3.8) is 0 Å². The van der Waals surface area contributed by atoms with Gasteiger partial charge in [-0.3, -0.25) is 38.9 Å². The quantitative estimate of drug-likeness (QED) is 0.119. The van der Waals surface area contributed by atoms with Gasteiger partial charge in [-0.1, -0.05) is 73.2 Å². The minimum atomic E-state index is -1.25. The lowest BCUT2D eigenvalue weighted by Gasteiger charge is -2.47. The third kappa shape index (κ3) is 7.89. The lowest BCUT2D eigenvalue weighted by Crippen LogP contribution is -2.60. The molecule has 15 heteroatoms. The predicted molar refractivity (Wildman–Crippen MR) is 253 cm³/mol. The summed E-state index contributed by atoms with van der Waals surface area (Å²) >= 11 is 12.9. The van der Waals surface area contributed by atoms with Crippen LogP contribution in [0, 0.1) is 17.7 Å². The van der Waals surface area contributed by atoms with Crippen molar-refractivity contribution >= 4 is 63.6 Å². The lowest BCUT2D eigenvalue weighted by molar-refractivity contribution is -0.136. The van der Waals surface area contributed by atoms with Gasteiger partial charge >= 0.3 is 5.69 Å². The zero-order chi connectivity index (χ0) is 45.9. The van der Waals surface area contributed by atoms with E-state index in [9.17, 15) is 24.0 Å². The van der Waals surface area contributed by atoms with E-state index in [2.05, 4.69) is 38.3 Å². The number of anilines is 1. The number of rotatable bonds is 10. The first-order valence-corrected chi connectivity index (χ1v) is 25.0. The van der Waals surface area contributed by atoms with E-state index in [0.29, 0.717) is 47.3 Å². The number of imidazole rings is 1. The molecule has 0 bridgehead atoms. The molecule has 4 aliphatic heterocycles. The number of hydrogen-bond donors (Lipinski definition) is 4. The number of nitrogens with one attached hydrogen (secondary N) is 4. The van der Waals surface area contributed by atoms with Crippen LogP contribution in [0.1, 0.15) is 125 Å². The van der Waals surface area contributed by atoms with E-state index in [1.165, 1.54) is 29.0 Å². The van der Waals surface area contributed by atoms with Gasteiger partial charge in [0.2, 0.25) is 23.6 Å². The number of nitrogens with zero attached hydrogens (tertiary/aromatic N) is 3. The van der Waals surface area contributed by atoms with Gasteiger partial charge < -0.3 is 15.5 Å². The number of halogens is 3. The Hall–Kier alpha value is -4.56. The topological polar surface area (TPSA) is 147 Å². The van der Waals surface area contributed by atoms with Crippen molar-refractivity contribution in [3.8, 4) is 0 Å². The molecule has 3 aromatic carbocycles. The van der Waals surface area contributed by atoms with E-state index >= 15 is 4.39 Å². The molecule has 12 nitrogen and oxygen atoms in total. The first kappa shape index (κ1) is 45.2. The van der Waals surface area contributed by atoms with Gasteiger partial charge in [-0.25, -0.2) is 9.18 Å². The number of aromatic nitrogens is 2. The molecule has 4 aromatic rings. The van der Waals surface area contributed by atoms with Crippen molar-refractivity contribution in [2.45, 2.75) is 138 Å². The molecule has 4 N–H and O–H groups in total. The molecule has 4 atom stereocenters. The second kappa shape index (κ2) is 18.2. The van der Waals surface area contributed by atoms with E-state index in [1.807, 2.05) is 12.1 Å². The molecular weight excluding hydrogens is 881 g/mol. The van der Waals surface area contributed by atoms with Gasteiger partial charge in [-0.05, 0) is 143 Å². The minimum Gasteiger partial charge on any atom is -0.352 e. The summed E-state index contributed by atoms with van der Waals surface area (Å²) in [5, 5.41) is 13.1. The number of fused-ring (bicyclic) bond motifs is 4. The summed E-state index contributed by atoms with van der Waals surface area (Å²) in [7, 11) is 1.74. The first-order chi connectivity index (χ1) is 31.9. The van der Waals surface area contributed by atoms with Crippen molar-refractivity contribution in [3.05, 3.63) is 97.6 Å². The van der Waals surface area contributed by atoms with E-state index < -0.39 is 40.7 Å². The Morgan fingerprint density at radius 1 is 0.864 bits per heavy atom. The summed E-state index contributed by atoms with van der Waals surface area (Å²) in [6.45, 7) is 3.24. The number of carbonyl (C=O) groups excluding carboxylic acids is 4. The van der Waals surface area contributed by atoms with E-state index in [1.54, 1.807) is 35.9 Å². The molecule has 2 aliphatic carbocycles. The monoisotopic (exact) mass is 939 g/mol. The minimum absolute atomic E-state index is 0.00988. The van der Waals surface area contributed by atoms with Crippen LogP contribution in [0.25, 0.3) is 11.0 Å². The molecule has 2 spiro atoms. The average Bonchev–Trinajstić information content (AvgIpc) is 3.86. The molecule has 1 unspecified atom stereocenters. The average molecular weight is 941 g/mol. The lowest BCUT2D eigenvalue weighted by atomic mass is 9.55. The molecule has 1 aromatic heterocycles. The molecule has 66 heavy (non-hydrogen) atoms. The fourth-order valence-corrected chi connectivity index (χ4v) is 13.6. The van der Waals surface area contributed by atoms with Crippen molar-refractivity contribution in [1.82, 2.24) is 30.0 Å². The van der Waals surface area contributed by atoms with Crippen LogP contribution >= 0.6 is 23.2 Å². The normalized spacial score (nSPS) is 27.9. The fraction of sp³-hybridized carbons (Fsp3) is 0.549. The van der Waals surface area contributed by atoms with Crippen LogP contribution in [-0.4, -0.2) is 74.9 Å². The summed E-state index contributed by atoms with van der Waals surface area (Å²) in [6, 6.07) is 14.8. The highest BCUT2D eigenvalue weighted by molar-refractivity contribution is 6.31. The van der Waals surface area contributed by atoms with Gasteiger partial charge in [0.25, 0.3) is 0 Å². The van der Waals surface area contributed by atoms with Crippen LogP contribution in [0.3, 0.4) is 0 Å². The fourth-order valence-electron chi connectivity index (χ4n) is 13.2. The molecule has 4 amide bonds. The Balaban J connectivity index is 0.737. The van der Waals surface area contributed by atoms with Crippen LogP contribution in [0.4, 0.5) is 10.1 Å². The maximum atomic E-state index is 16.3. The molecule has 5 heterocycles. The third-order valence-corrected chi connectivity index (χ3v) is 17.0. The highest BCUT2D eigenvalue weighted by Gasteiger charge is 2.72. The molecule has 3 saturated heterocycles. The van der Waals surface area contributed by atoms with Gasteiger partial charge in [-0.2, -0.15) is 0 Å². The molecule has 0 radical (unpaired) electrons. The van der Waals surface area contributed by atoms with Crippen LogP contribution in [0.15, 0.2) is 59.4 Å². The van der Waals surface area contributed by atoms with Crippen molar-refractivity contribution in [1.29, 1.82) is 0 Å². The molecular formula is C51H60Cl2FN7O5. The third-order valence-electron chi connectivity index (χ3n) is 16.5. The summed E-state index contributed by atoms with van der Waals surface area (Å²) in [5.74, 6) is -1.36. The van der Waals surface area contributed by atoms with Gasteiger partial charge in [-0.15, -0.1) is 0 Å². The van der Waals surface area contributed by atoms with Gasteiger partial charge in [0.15, 0.2) is 0 Å². The van der Waals surface area contributed by atoms with Crippen LogP contribution in [-0.2, 0) is 38.1 Å². The van der Waals surface area contributed by atoms with Crippen molar-refractivity contribution in [2.24, 2.45) is 18.9 Å². The van der Waals surface area contributed by atoms with Crippen LogP contribution in [0.2, 0.25) is 10.0 Å². The SMILES string of the molecule is Cn1c(=O)n(C2CCC(=O)NC2=O)c2ccc(CCCC3CCN(CC4CCC(NC(=O)[C@@H]5NC6(CCCCC6)[C@@]6(C(=O)Nc7cc(Cl)ccc76)[C@H]5c5cccc(Cl)c5F)CC4)CC3)cc21. The Bertz CT molecular complexity index is 2630. The molecule has 5 fully saturated rings. The second-order valence-corrected chi connectivity index (χ2v) is 21.0. The smallest absolute Gasteiger partial charge is 0.329 e. The van der Waals surface area contributed by atoms with Crippen LogP contribution in [0.5, 0.6) is 0 Å². The Morgan fingerprint density at radius 2 is 1.64 bits per heavy atom. The molecule has 6 aliphatic rings. The van der Waals surface area contributed by atoms with Crippen molar-refractivity contribution < 1.29 is 23.6 Å². The maximum Gasteiger partial charge on any atom is 0.329 e. The summed E-state index contributed by atoms with van der Waals surface area (Å²) in [5.41, 5.74) is 2.06. The number of amides is 4. The number of piperidine rings is 2. The van der Waals surface area contributed by atoms with Gasteiger partial charge in [0, 0.05) is 48.2 Å². The number of benzene rings is 3. The number of aryl methyl sites for hydroxylation is 2. The van der Waals surface area contributed by atoms with Crippen LogP contribution < -0.4 is 27.0 Å². The van der Waals surface area contributed by atoms with E-state index in [4.69, 9.17) is 23.2 Å². The zero-order valence-corrected chi connectivity index (χ0v) is 39.1.